The van der Waals surface area contributed by atoms with Gasteiger partial charge >= 0.3 is 0 Å². The molecular weight excluding hydrogens is 565 g/mol. The van der Waals surface area contributed by atoms with Crippen LogP contribution >= 0.6 is 0 Å². The number of aromatic amines is 1. The standard InChI is InChI=1S/C37H42N2O4Si/c1-37(2,3)44(31-20-12-6-13-21-31,32-22-14-7-15-23-32)43-27-34(40)36(42-26-30-18-10-5-11-19-30)35(33-24-38-28-39-33)41-25-29-16-8-4-9-17-29/h4-24,28,34-36,40H,25-27H2,1-3H3,(H,38,39)/t34-,35-,36+/m0/s1. The summed E-state index contributed by atoms with van der Waals surface area (Å²) < 4.78 is 20.2. The van der Waals surface area contributed by atoms with Crippen LogP contribution in [0.1, 0.15) is 43.7 Å². The Balaban J connectivity index is 1.48. The molecule has 0 aliphatic carbocycles. The zero-order valence-electron chi connectivity index (χ0n) is 25.7. The summed E-state index contributed by atoms with van der Waals surface area (Å²) in [6.07, 6.45) is 0.957. The summed E-state index contributed by atoms with van der Waals surface area (Å²) >= 11 is 0. The van der Waals surface area contributed by atoms with Gasteiger partial charge in [0.25, 0.3) is 8.32 Å². The van der Waals surface area contributed by atoms with Crippen LogP contribution in [0.5, 0.6) is 0 Å². The second-order valence-electron chi connectivity index (χ2n) is 12.0. The highest BCUT2D eigenvalue weighted by Crippen LogP contribution is 2.37. The minimum Gasteiger partial charge on any atom is -0.405 e. The first-order chi connectivity index (χ1) is 21.4. The van der Waals surface area contributed by atoms with Crippen LogP contribution in [0.3, 0.4) is 0 Å². The summed E-state index contributed by atoms with van der Waals surface area (Å²) in [7, 11) is -2.89. The lowest BCUT2D eigenvalue weighted by molar-refractivity contribution is -0.143. The number of benzene rings is 4. The minimum atomic E-state index is -2.89. The minimum absolute atomic E-state index is 0.0616. The lowest BCUT2D eigenvalue weighted by Gasteiger charge is -2.44. The molecule has 0 aliphatic heterocycles. The Hall–Kier alpha value is -3.85. The highest BCUT2D eigenvalue weighted by atomic mass is 28.4. The molecule has 0 aliphatic rings. The van der Waals surface area contributed by atoms with E-state index in [2.05, 4.69) is 79.3 Å². The third-order valence-electron chi connectivity index (χ3n) is 7.95. The molecule has 1 heterocycles. The van der Waals surface area contributed by atoms with Gasteiger partial charge in [-0.1, -0.05) is 142 Å². The highest BCUT2D eigenvalue weighted by Gasteiger charge is 2.51. The van der Waals surface area contributed by atoms with E-state index in [0.29, 0.717) is 13.2 Å². The molecule has 0 bridgehead atoms. The number of ether oxygens (including phenoxy) is 2. The van der Waals surface area contributed by atoms with Crippen molar-refractivity contribution in [3.05, 3.63) is 151 Å². The van der Waals surface area contributed by atoms with Crippen molar-refractivity contribution >= 4 is 18.7 Å². The molecule has 0 unspecified atom stereocenters. The van der Waals surface area contributed by atoms with Gasteiger partial charge in [0.2, 0.25) is 0 Å². The van der Waals surface area contributed by atoms with Gasteiger partial charge in [0.1, 0.15) is 18.3 Å². The van der Waals surface area contributed by atoms with Gasteiger partial charge in [-0.2, -0.15) is 0 Å². The smallest absolute Gasteiger partial charge is 0.261 e. The van der Waals surface area contributed by atoms with E-state index in [4.69, 9.17) is 13.9 Å². The lowest BCUT2D eigenvalue weighted by Crippen LogP contribution is -2.67. The predicted octanol–water partition coefficient (Wildman–Crippen LogP) is 6.19. The number of aliphatic hydroxyl groups is 1. The molecule has 3 atom stereocenters. The van der Waals surface area contributed by atoms with Crippen molar-refractivity contribution in [2.24, 2.45) is 0 Å². The van der Waals surface area contributed by atoms with E-state index in [0.717, 1.165) is 27.2 Å². The maximum Gasteiger partial charge on any atom is 0.261 e. The molecule has 6 nitrogen and oxygen atoms in total. The van der Waals surface area contributed by atoms with Gasteiger partial charge in [0.05, 0.1) is 38.0 Å². The Morgan fingerprint density at radius 1 is 0.705 bits per heavy atom. The Morgan fingerprint density at radius 2 is 1.18 bits per heavy atom. The fourth-order valence-electron chi connectivity index (χ4n) is 5.78. The number of hydrogen-bond donors (Lipinski definition) is 2. The Labute approximate surface area is 261 Å². The van der Waals surface area contributed by atoms with Gasteiger partial charge in [0.15, 0.2) is 0 Å². The maximum atomic E-state index is 12.0. The van der Waals surface area contributed by atoms with Gasteiger partial charge < -0.3 is 24.0 Å². The topological polar surface area (TPSA) is 76.6 Å². The number of hydrogen-bond acceptors (Lipinski definition) is 5. The van der Waals surface area contributed by atoms with E-state index in [1.165, 1.54) is 0 Å². The second kappa shape index (κ2) is 14.7. The molecule has 0 spiro atoms. The average molecular weight is 607 g/mol. The third kappa shape index (κ3) is 7.43. The Bertz CT molecular complexity index is 1470. The largest absolute Gasteiger partial charge is 0.405 e. The van der Waals surface area contributed by atoms with Crippen molar-refractivity contribution in [3.63, 3.8) is 0 Å². The first kappa shape index (κ1) is 31.6. The molecule has 0 saturated carbocycles. The zero-order chi connectivity index (χ0) is 30.8. The van der Waals surface area contributed by atoms with Gasteiger partial charge in [-0.15, -0.1) is 0 Å². The quantitative estimate of drug-likeness (QED) is 0.148. The van der Waals surface area contributed by atoms with Crippen molar-refractivity contribution in [1.29, 1.82) is 0 Å². The highest BCUT2D eigenvalue weighted by molar-refractivity contribution is 6.99. The van der Waals surface area contributed by atoms with E-state index in [-0.39, 0.29) is 11.6 Å². The zero-order valence-corrected chi connectivity index (χ0v) is 26.7. The van der Waals surface area contributed by atoms with E-state index in [1.54, 1.807) is 12.5 Å². The van der Waals surface area contributed by atoms with E-state index in [9.17, 15) is 5.11 Å². The first-order valence-electron chi connectivity index (χ1n) is 15.1. The number of H-pyrrole nitrogens is 1. The van der Waals surface area contributed by atoms with Crippen LogP contribution in [0.4, 0.5) is 0 Å². The molecule has 228 valence electrons. The molecule has 0 fully saturated rings. The van der Waals surface area contributed by atoms with Gasteiger partial charge in [-0.3, -0.25) is 0 Å². The first-order valence-corrected chi connectivity index (χ1v) is 17.0. The molecular formula is C37H42N2O4Si. The average Bonchev–Trinajstić information content (AvgIpc) is 3.59. The molecule has 0 saturated heterocycles. The van der Waals surface area contributed by atoms with Crippen LogP contribution < -0.4 is 10.4 Å². The molecule has 1 aromatic heterocycles. The van der Waals surface area contributed by atoms with Crippen LogP contribution in [-0.2, 0) is 27.1 Å². The summed E-state index contributed by atoms with van der Waals surface area (Å²) in [5.74, 6) is 0. The van der Waals surface area contributed by atoms with Crippen LogP contribution in [0.2, 0.25) is 5.04 Å². The van der Waals surface area contributed by atoms with Crippen LogP contribution in [0.15, 0.2) is 134 Å². The van der Waals surface area contributed by atoms with Crippen molar-refractivity contribution in [3.8, 4) is 0 Å². The molecule has 2 N–H and O–H groups in total. The van der Waals surface area contributed by atoms with Crippen molar-refractivity contribution in [1.82, 2.24) is 9.97 Å². The number of aromatic nitrogens is 2. The molecule has 0 radical (unpaired) electrons. The lowest BCUT2D eigenvalue weighted by atomic mass is 10.1. The summed E-state index contributed by atoms with van der Waals surface area (Å²) in [5.41, 5.74) is 2.75. The van der Waals surface area contributed by atoms with Gasteiger partial charge in [0, 0.05) is 0 Å². The van der Waals surface area contributed by atoms with Crippen LogP contribution in [-0.4, -0.2) is 42.2 Å². The van der Waals surface area contributed by atoms with E-state index < -0.39 is 26.6 Å². The van der Waals surface area contributed by atoms with Gasteiger partial charge in [-0.05, 0) is 26.5 Å². The molecule has 4 aromatic carbocycles. The van der Waals surface area contributed by atoms with Crippen LogP contribution in [0.25, 0.3) is 0 Å². The number of nitrogens with zero attached hydrogens (tertiary/aromatic N) is 1. The molecule has 44 heavy (non-hydrogen) atoms. The van der Waals surface area contributed by atoms with E-state index >= 15 is 0 Å². The van der Waals surface area contributed by atoms with Crippen molar-refractivity contribution in [2.45, 2.75) is 57.3 Å². The van der Waals surface area contributed by atoms with Gasteiger partial charge in [-0.25, -0.2) is 4.98 Å². The third-order valence-corrected chi connectivity index (χ3v) is 13.0. The molecule has 0 amide bonds. The summed E-state index contributed by atoms with van der Waals surface area (Å²) in [6.45, 7) is 7.40. The van der Waals surface area contributed by atoms with Crippen molar-refractivity contribution in [2.75, 3.05) is 6.61 Å². The van der Waals surface area contributed by atoms with Crippen LogP contribution in [0, 0.1) is 0 Å². The molecule has 5 aromatic rings. The monoisotopic (exact) mass is 606 g/mol. The maximum absolute atomic E-state index is 12.0. The molecule has 5 rings (SSSR count). The fraction of sp³-hybridized carbons (Fsp3) is 0.270. The summed E-state index contributed by atoms with van der Waals surface area (Å²) in [4.78, 5) is 7.45. The summed E-state index contributed by atoms with van der Waals surface area (Å²) in [5, 5.41) is 14.1. The second-order valence-corrected chi connectivity index (χ2v) is 16.3. The SMILES string of the molecule is CC(C)(C)[Si](OC[C@H](O)[C@@H](OCc1ccccc1)[C@@H](OCc1ccccc1)c1cnc[nH]1)(c1ccccc1)c1ccccc1. The Kier molecular flexibility index (Phi) is 10.6. The number of aliphatic hydroxyl groups excluding tert-OH is 1. The molecule has 7 heteroatoms. The number of nitrogens with one attached hydrogen (secondary N) is 1. The Morgan fingerprint density at radius 3 is 1.64 bits per heavy atom. The number of imidazole rings is 1. The van der Waals surface area contributed by atoms with E-state index in [1.807, 2.05) is 72.8 Å². The summed E-state index contributed by atoms with van der Waals surface area (Å²) in [6, 6.07) is 40.8. The normalized spacial score (nSPS) is 14.2. The fourth-order valence-corrected chi connectivity index (χ4v) is 10.4. The predicted molar refractivity (Wildman–Crippen MR) is 177 cm³/mol. The number of rotatable bonds is 14. The van der Waals surface area contributed by atoms with Crippen molar-refractivity contribution < 1.29 is 19.0 Å².